The largest absolute Gasteiger partial charge is 0.493 e. The lowest BCUT2D eigenvalue weighted by Crippen LogP contribution is -2.20. The van der Waals surface area contributed by atoms with Crippen LogP contribution in [0, 0.1) is 0 Å². The van der Waals surface area contributed by atoms with E-state index in [2.05, 4.69) is 15.5 Å². The summed E-state index contributed by atoms with van der Waals surface area (Å²) in [6.45, 7) is 1.76. The zero-order valence-corrected chi connectivity index (χ0v) is 16.8. The van der Waals surface area contributed by atoms with Crippen LogP contribution in [0.25, 0.3) is 0 Å². The zero-order valence-electron chi connectivity index (χ0n) is 15.2. The number of carbonyl (C=O) groups excluding carboxylic acids is 2. The van der Waals surface area contributed by atoms with Gasteiger partial charge in [0.1, 0.15) is 0 Å². The molecule has 0 atom stereocenters. The fraction of sp³-hybridized carbons (Fsp3) is 0.294. The number of nitrogens with one attached hydrogen (secondary N) is 1. The molecule has 1 aromatic carbocycles. The van der Waals surface area contributed by atoms with Crippen molar-refractivity contribution in [2.75, 3.05) is 25.7 Å². The number of thiazole rings is 1. The van der Waals surface area contributed by atoms with E-state index in [1.165, 1.54) is 24.7 Å². The first-order valence-electron chi connectivity index (χ1n) is 8.10. The Hall–Kier alpha value is -2.85. The summed E-state index contributed by atoms with van der Waals surface area (Å²) < 4.78 is 15.4. The van der Waals surface area contributed by atoms with Gasteiger partial charge in [-0.2, -0.15) is 5.10 Å². The average Bonchev–Trinajstić information content (AvgIpc) is 3.07. The van der Waals surface area contributed by atoms with E-state index < -0.39 is 5.91 Å². The number of ether oxygens (including phenoxy) is 3. The van der Waals surface area contributed by atoms with Crippen LogP contribution in [-0.4, -0.2) is 43.4 Å². The Kier molecular flexibility index (Phi) is 8.02. The molecule has 3 N–H and O–H groups in total. The second-order valence-corrected chi connectivity index (χ2v) is 6.55. The van der Waals surface area contributed by atoms with Crippen LogP contribution in [0.15, 0.2) is 22.6 Å². The second kappa shape index (κ2) is 10.5. The highest BCUT2D eigenvalue weighted by molar-refractivity contribution is 7.13. The van der Waals surface area contributed by atoms with Crippen molar-refractivity contribution < 1.29 is 23.8 Å². The van der Waals surface area contributed by atoms with Gasteiger partial charge in [0.05, 0.1) is 37.1 Å². The van der Waals surface area contributed by atoms with Gasteiger partial charge in [-0.15, -0.1) is 11.3 Å². The SMILES string of the molecule is CCOC(=O)Cc1csc(NN=Cc2cc(Cl)c(OCC(N)=O)c(OC)c2)n1. The van der Waals surface area contributed by atoms with Crippen molar-refractivity contribution in [1.82, 2.24) is 4.98 Å². The number of esters is 1. The van der Waals surface area contributed by atoms with Crippen LogP contribution in [-0.2, 0) is 20.7 Å². The molecular formula is C17H19ClN4O5S. The van der Waals surface area contributed by atoms with Gasteiger partial charge in [0.2, 0.25) is 5.13 Å². The molecule has 9 nitrogen and oxygen atoms in total. The van der Waals surface area contributed by atoms with E-state index in [1.54, 1.807) is 24.4 Å². The number of carbonyl (C=O) groups is 2. The van der Waals surface area contributed by atoms with E-state index in [1.807, 2.05) is 0 Å². The van der Waals surface area contributed by atoms with Crippen molar-refractivity contribution in [2.24, 2.45) is 10.8 Å². The smallest absolute Gasteiger partial charge is 0.311 e. The molecule has 1 heterocycles. The molecule has 11 heteroatoms. The minimum Gasteiger partial charge on any atom is -0.493 e. The number of rotatable bonds is 10. The number of halogens is 1. The molecule has 1 aromatic heterocycles. The molecule has 0 aliphatic heterocycles. The lowest BCUT2D eigenvalue weighted by atomic mass is 10.2. The minimum atomic E-state index is -0.626. The van der Waals surface area contributed by atoms with E-state index in [-0.39, 0.29) is 29.8 Å². The first-order chi connectivity index (χ1) is 13.4. The highest BCUT2D eigenvalue weighted by atomic mass is 35.5. The summed E-state index contributed by atoms with van der Waals surface area (Å²) in [6.07, 6.45) is 1.62. The average molecular weight is 427 g/mol. The van der Waals surface area contributed by atoms with Crippen LogP contribution in [0.4, 0.5) is 5.13 Å². The lowest BCUT2D eigenvalue weighted by Gasteiger charge is -2.12. The van der Waals surface area contributed by atoms with E-state index in [0.717, 1.165) is 0 Å². The molecule has 0 spiro atoms. The fourth-order valence-corrected chi connectivity index (χ4v) is 2.99. The normalized spacial score (nSPS) is 10.7. The summed E-state index contributed by atoms with van der Waals surface area (Å²) >= 11 is 7.49. The summed E-state index contributed by atoms with van der Waals surface area (Å²) in [4.78, 5) is 26.6. The molecular weight excluding hydrogens is 408 g/mol. The van der Waals surface area contributed by atoms with E-state index in [0.29, 0.717) is 28.7 Å². The molecule has 2 rings (SSSR count). The third kappa shape index (κ3) is 6.39. The van der Waals surface area contributed by atoms with Gasteiger partial charge in [0.15, 0.2) is 18.1 Å². The van der Waals surface area contributed by atoms with E-state index >= 15 is 0 Å². The van der Waals surface area contributed by atoms with Crippen LogP contribution in [0.2, 0.25) is 5.02 Å². The number of hydrogen-bond acceptors (Lipinski definition) is 9. The first kappa shape index (κ1) is 21.5. The number of benzene rings is 1. The van der Waals surface area contributed by atoms with Crippen LogP contribution in [0.5, 0.6) is 11.5 Å². The van der Waals surface area contributed by atoms with Gasteiger partial charge in [-0.1, -0.05) is 11.6 Å². The fourth-order valence-electron chi connectivity index (χ4n) is 2.06. The van der Waals surface area contributed by atoms with Crippen LogP contribution >= 0.6 is 22.9 Å². The molecule has 0 saturated heterocycles. The molecule has 0 fully saturated rings. The second-order valence-electron chi connectivity index (χ2n) is 5.28. The number of nitrogens with two attached hydrogens (primary N) is 1. The molecule has 150 valence electrons. The summed E-state index contributed by atoms with van der Waals surface area (Å²) in [5, 5.41) is 6.60. The lowest BCUT2D eigenvalue weighted by molar-refractivity contribution is -0.142. The monoisotopic (exact) mass is 426 g/mol. The Bertz CT molecular complexity index is 871. The number of nitrogens with zero attached hydrogens (tertiary/aromatic N) is 2. The minimum absolute atomic E-state index is 0.106. The van der Waals surface area contributed by atoms with Crippen molar-refractivity contribution in [3.8, 4) is 11.5 Å². The number of primary amides is 1. The van der Waals surface area contributed by atoms with Crippen LogP contribution in [0.3, 0.4) is 0 Å². The number of hydrazone groups is 1. The molecule has 1 amide bonds. The first-order valence-corrected chi connectivity index (χ1v) is 9.36. The van der Waals surface area contributed by atoms with Crippen LogP contribution < -0.4 is 20.6 Å². The van der Waals surface area contributed by atoms with E-state index in [4.69, 9.17) is 31.5 Å². The number of amides is 1. The molecule has 0 aliphatic carbocycles. The maximum absolute atomic E-state index is 11.5. The highest BCUT2D eigenvalue weighted by Crippen LogP contribution is 2.36. The predicted octanol–water partition coefficient (Wildman–Crippen LogP) is 2.22. The summed E-state index contributed by atoms with van der Waals surface area (Å²) in [6, 6.07) is 3.24. The number of aromatic nitrogens is 1. The van der Waals surface area contributed by atoms with Gasteiger partial charge in [0, 0.05) is 5.38 Å². The third-order valence-electron chi connectivity index (χ3n) is 3.17. The molecule has 0 bridgehead atoms. The van der Waals surface area contributed by atoms with Gasteiger partial charge in [-0.05, 0) is 24.6 Å². The van der Waals surface area contributed by atoms with Crippen molar-refractivity contribution in [1.29, 1.82) is 0 Å². The number of hydrogen-bond donors (Lipinski definition) is 2. The third-order valence-corrected chi connectivity index (χ3v) is 4.24. The Morgan fingerprint density at radius 1 is 1.43 bits per heavy atom. The maximum Gasteiger partial charge on any atom is 0.311 e. The number of anilines is 1. The van der Waals surface area contributed by atoms with Gasteiger partial charge in [0.25, 0.3) is 5.91 Å². The molecule has 0 unspecified atom stereocenters. The van der Waals surface area contributed by atoms with Crippen LogP contribution in [0.1, 0.15) is 18.2 Å². The standard InChI is InChI=1S/C17H19ClN4O5S/c1-3-26-15(24)6-11-9-28-17(21-11)22-20-7-10-4-12(18)16(13(5-10)25-2)27-8-14(19)23/h4-5,7,9H,3,6,8H2,1-2H3,(H2,19,23)(H,21,22). The molecule has 28 heavy (non-hydrogen) atoms. The van der Waals surface area contributed by atoms with Gasteiger partial charge < -0.3 is 19.9 Å². The molecule has 0 aliphatic rings. The van der Waals surface area contributed by atoms with Crippen molar-refractivity contribution >= 4 is 46.2 Å². The van der Waals surface area contributed by atoms with E-state index in [9.17, 15) is 9.59 Å². The molecule has 2 aromatic rings. The molecule has 0 saturated carbocycles. The highest BCUT2D eigenvalue weighted by Gasteiger charge is 2.13. The zero-order chi connectivity index (χ0) is 20.5. The Labute approximate surface area is 170 Å². The summed E-state index contributed by atoms with van der Waals surface area (Å²) in [7, 11) is 1.45. The van der Waals surface area contributed by atoms with Crippen molar-refractivity contribution in [2.45, 2.75) is 13.3 Å². The van der Waals surface area contributed by atoms with Gasteiger partial charge >= 0.3 is 5.97 Å². The quantitative estimate of drug-likeness (QED) is 0.339. The summed E-state index contributed by atoms with van der Waals surface area (Å²) in [5.74, 6) is -0.403. The van der Waals surface area contributed by atoms with Crippen molar-refractivity contribution in [3.63, 3.8) is 0 Å². The maximum atomic E-state index is 11.5. The Morgan fingerprint density at radius 3 is 2.89 bits per heavy atom. The predicted molar refractivity (Wildman–Crippen MR) is 106 cm³/mol. The molecule has 0 radical (unpaired) electrons. The topological polar surface area (TPSA) is 125 Å². The van der Waals surface area contributed by atoms with Gasteiger partial charge in [-0.3, -0.25) is 15.0 Å². The number of methoxy groups -OCH3 is 1. The summed E-state index contributed by atoms with van der Waals surface area (Å²) in [5.41, 5.74) is 9.07. The Balaban J connectivity index is 2.02. The Morgan fingerprint density at radius 2 is 2.21 bits per heavy atom. The van der Waals surface area contributed by atoms with Gasteiger partial charge in [-0.25, -0.2) is 4.98 Å². The van der Waals surface area contributed by atoms with Crippen molar-refractivity contribution in [3.05, 3.63) is 33.8 Å².